The fourth-order valence-electron chi connectivity index (χ4n) is 4.11. The van der Waals surface area contributed by atoms with Crippen LogP contribution in [0.25, 0.3) is 0 Å². The summed E-state index contributed by atoms with van der Waals surface area (Å²) in [6.45, 7) is 0. The highest BCUT2D eigenvalue weighted by Crippen LogP contribution is 2.22. The first kappa shape index (κ1) is 25.8. The number of ether oxygens (including phenoxy) is 2. The number of methoxy groups -OCH3 is 2. The maximum absolute atomic E-state index is 12.7. The predicted molar refractivity (Wildman–Crippen MR) is 145 cm³/mol. The second-order valence-electron chi connectivity index (χ2n) is 8.60. The molecule has 0 saturated carbocycles. The standard InChI is InChI=1S/C31H30N2O4/c1-36-28(24-9-5-3-6-10-24)30(34)32-26-17-13-22(14-18-26)21-23-15-19-27(20-16-23)33-31(35)29(37-2)25-11-7-4-8-12-25/h3-20,28-29H,21H2,1-2H3,(H,32,34)(H,33,35)/t28-,29+. The molecule has 188 valence electrons. The molecule has 0 aromatic heterocycles. The van der Waals surface area contributed by atoms with Crippen LogP contribution in [-0.4, -0.2) is 26.0 Å². The van der Waals surface area contributed by atoms with Crippen molar-refractivity contribution in [3.05, 3.63) is 131 Å². The maximum atomic E-state index is 12.7. The van der Waals surface area contributed by atoms with E-state index < -0.39 is 12.2 Å². The molecule has 2 N–H and O–H groups in total. The minimum absolute atomic E-state index is 0.220. The van der Waals surface area contributed by atoms with Gasteiger partial charge >= 0.3 is 0 Å². The van der Waals surface area contributed by atoms with E-state index in [9.17, 15) is 9.59 Å². The first-order valence-electron chi connectivity index (χ1n) is 12.0. The fourth-order valence-corrected chi connectivity index (χ4v) is 4.11. The van der Waals surface area contributed by atoms with Gasteiger partial charge < -0.3 is 20.1 Å². The summed E-state index contributed by atoms with van der Waals surface area (Å²) in [5.41, 5.74) is 5.22. The highest BCUT2D eigenvalue weighted by Gasteiger charge is 2.21. The van der Waals surface area contributed by atoms with Crippen molar-refractivity contribution in [1.82, 2.24) is 0 Å². The van der Waals surface area contributed by atoms with Crippen molar-refractivity contribution >= 4 is 23.2 Å². The van der Waals surface area contributed by atoms with Gasteiger partial charge in [0.05, 0.1) is 0 Å². The van der Waals surface area contributed by atoms with E-state index in [1.165, 1.54) is 14.2 Å². The Morgan fingerprint density at radius 3 is 1.24 bits per heavy atom. The van der Waals surface area contributed by atoms with E-state index in [-0.39, 0.29) is 11.8 Å². The smallest absolute Gasteiger partial charge is 0.258 e. The molecular weight excluding hydrogens is 464 g/mol. The van der Waals surface area contributed by atoms with Crippen LogP contribution in [0.4, 0.5) is 11.4 Å². The molecule has 4 aromatic rings. The molecule has 6 heteroatoms. The van der Waals surface area contributed by atoms with Crippen molar-refractivity contribution in [3.8, 4) is 0 Å². The lowest BCUT2D eigenvalue weighted by Crippen LogP contribution is -2.22. The predicted octanol–water partition coefficient (Wildman–Crippen LogP) is 5.93. The van der Waals surface area contributed by atoms with Gasteiger partial charge in [-0.1, -0.05) is 84.9 Å². The summed E-state index contributed by atoms with van der Waals surface area (Å²) in [4.78, 5) is 25.4. The molecule has 0 aliphatic heterocycles. The number of carbonyl (C=O) groups is 2. The Bertz CT molecular complexity index is 1190. The number of carbonyl (C=O) groups excluding carboxylic acids is 2. The van der Waals surface area contributed by atoms with Crippen molar-refractivity contribution in [3.63, 3.8) is 0 Å². The summed E-state index contributed by atoms with van der Waals surface area (Å²) < 4.78 is 10.8. The molecule has 4 rings (SSSR count). The van der Waals surface area contributed by atoms with Crippen LogP contribution in [0.2, 0.25) is 0 Å². The van der Waals surface area contributed by atoms with Crippen LogP contribution in [0.15, 0.2) is 109 Å². The Balaban J connectivity index is 1.33. The molecule has 0 bridgehead atoms. The zero-order valence-electron chi connectivity index (χ0n) is 20.9. The third-order valence-electron chi connectivity index (χ3n) is 6.00. The lowest BCUT2D eigenvalue weighted by Gasteiger charge is -2.16. The van der Waals surface area contributed by atoms with E-state index in [0.29, 0.717) is 11.4 Å². The highest BCUT2D eigenvalue weighted by molar-refractivity contribution is 5.95. The molecule has 0 spiro atoms. The van der Waals surface area contributed by atoms with E-state index in [2.05, 4.69) is 10.6 Å². The maximum Gasteiger partial charge on any atom is 0.258 e. The Hall–Kier alpha value is -4.26. The highest BCUT2D eigenvalue weighted by atomic mass is 16.5. The van der Waals surface area contributed by atoms with Gasteiger partial charge in [0.1, 0.15) is 0 Å². The van der Waals surface area contributed by atoms with E-state index in [4.69, 9.17) is 9.47 Å². The van der Waals surface area contributed by atoms with E-state index in [0.717, 1.165) is 28.7 Å². The van der Waals surface area contributed by atoms with Gasteiger partial charge in [-0.05, 0) is 52.9 Å². The average Bonchev–Trinajstić information content (AvgIpc) is 2.93. The van der Waals surface area contributed by atoms with Gasteiger partial charge in [0, 0.05) is 25.6 Å². The van der Waals surface area contributed by atoms with Gasteiger partial charge in [-0.15, -0.1) is 0 Å². The number of hydrogen-bond donors (Lipinski definition) is 2. The number of nitrogens with one attached hydrogen (secondary N) is 2. The van der Waals surface area contributed by atoms with Crippen molar-refractivity contribution < 1.29 is 19.1 Å². The summed E-state index contributed by atoms with van der Waals surface area (Å²) in [6, 6.07) is 34.3. The molecule has 6 nitrogen and oxygen atoms in total. The van der Waals surface area contributed by atoms with Crippen LogP contribution < -0.4 is 10.6 Å². The molecule has 2 amide bonds. The molecule has 0 unspecified atom stereocenters. The number of amides is 2. The fraction of sp³-hybridized carbons (Fsp3) is 0.161. The second kappa shape index (κ2) is 12.6. The first-order valence-corrected chi connectivity index (χ1v) is 12.0. The number of benzene rings is 4. The van der Waals surface area contributed by atoms with Crippen LogP contribution >= 0.6 is 0 Å². The Morgan fingerprint density at radius 1 is 0.568 bits per heavy atom. The minimum atomic E-state index is -0.674. The van der Waals surface area contributed by atoms with Gasteiger partial charge in [-0.25, -0.2) is 0 Å². The van der Waals surface area contributed by atoms with Gasteiger partial charge in [0.2, 0.25) is 0 Å². The van der Waals surface area contributed by atoms with Crippen molar-refractivity contribution in [2.45, 2.75) is 18.6 Å². The third kappa shape index (κ3) is 6.91. The van der Waals surface area contributed by atoms with Crippen molar-refractivity contribution in [2.75, 3.05) is 24.9 Å². The molecule has 2 atom stereocenters. The SMILES string of the molecule is CO[C@H](C(=O)Nc1ccc(Cc2ccc(NC(=O)[C@H](OC)c3ccccc3)cc2)cc1)c1ccccc1. The minimum Gasteiger partial charge on any atom is -0.367 e. The van der Waals surface area contributed by atoms with E-state index >= 15 is 0 Å². The van der Waals surface area contributed by atoms with Gasteiger partial charge in [-0.2, -0.15) is 0 Å². The normalized spacial score (nSPS) is 12.4. The third-order valence-corrected chi connectivity index (χ3v) is 6.00. The van der Waals surface area contributed by atoms with Crippen LogP contribution in [0.3, 0.4) is 0 Å². The summed E-state index contributed by atoms with van der Waals surface area (Å²) in [5, 5.41) is 5.84. The number of anilines is 2. The number of hydrogen-bond acceptors (Lipinski definition) is 4. The molecular formula is C31H30N2O4. The van der Waals surface area contributed by atoms with Crippen LogP contribution in [0, 0.1) is 0 Å². The Morgan fingerprint density at radius 2 is 0.919 bits per heavy atom. The second-order valence-corrected chi connectivity index (χ2v) is 8.60. The summed E-state index contributed by atoms with van der Waals surface area (Å²) in [6.07, 6.45) is -0.629. The monoisotopic (exact) mass is 494 g/mol. The van der Waals surface area contributed by atoms with E-state index in [1.807, 2.05) is 109 Å². The molecule has 0 aliphatic carbocycles. The molecule has 0 fully saturated rings. The van der Waals surface area contributed by atoms with Crippen LogP contribution in [0.5, 0.6) is 0 Å². The van der Waals surface area contributed by atoms with Crippen LogP contribution in [-0.2, 0) is 25.5 Å². The topological polar surface area (TPSA) is 76.7 Å². The van der Waals surface area contributed by atoms with Gasteiger partial charge in [0.15, 0.2) is 12.2 Å². The zero-order valence-corrected chi connectivity index (χ0v) is 20.9. The largest absolute Gasteiger partial charge is 0.367 e. The molecule has 0 saturated heterocycles. The molecule has 4 aromatic carbocycles. The zero-order chi connectivity index (χ0) is 26.0. The van der Waals surface area contributed by atoms with Gasteiger partial charge in [-0.3, -0.25) is 9.59 Å². The molecule has 0 heterocycles. The van der Waals surface area contributed by atoms with Crippen LogP contribution in [0.1, 0.15) is 34.5 Å². The lowest BCUT2D eigenvalue weighted by molar-refractivity contribution is -0.126. The Labute approximate surface area is 217 Å². The van der Waals surface area contributed by atoms with Gasteiger partial charge in [0.25, 0.3) is 11.8 Å². The average molecular weight is 495 g/mol. The molecule has 0 radical (unpaired) electrons. The first-order chi connectivity index (χ1) is 18.1. The van der Waals surface area contributed by atoms with Crippen molar-refractivity contribution in [2.24, 2.45) is 0 Å². The van der Waals surface area contributed by atoms with E-state index in [1.54, 1.807) is 0 Å². The van der Waals surface area contributed by atoms with Crippen molar-refractivity contribution in [1.29, 1.82) is 0 Å². The number of rotatable bonds is 10. The molecule has 37 heavy (non-hydrogen) atoms. The summed E-state index contributed by atoms with van der Waals surface area (Å²) in [5.74, 6) is -0.441. The quantitative estimate of drug-likeness (QED) is 0.287. The lowest BCUT2D eigenvalue weighted by atomic mass is 10.0. The summed E-state index contributed by atoms with van der Waals surface area (Å²) in [7, 11) is 3.05. The summed E-state index contributed by atoms with van der Waals surface area (Å²) >= 11 is 0. The molecule has 0 aliphatic rings. The Kier molecular flexibility index (Phi) is 8.81.